The fraction of sp³-hybridized carbons (Fsp3) is 0.250. The van der Waals surface area contributed by atoms with Gasteiger partial charge in [0.2, 0.25) is 5.16 Å². The lowest BCUT2D eigenvalue weighted by molar-refractivity contribution is 0.0378. The summed E-state index contributed by atoms with van der Waals surface area (Å²) < 4.78 is 6.41. The molecule has 0 saturated heterocycles. The third-order valence-electron chi connectivity index (χ3n) is 2.33. The quantitative estimate of drug-likeness (QED) is 0.496. The zero-order valence-electron chi connectivity index (χ0n) is 11.1. The molecule has 0 radical (unpaired) electrons. The van der Waals surface area contributed by atoms with Crippen molar-refractivity contribution in [3.63, 3.8) is 0 Å². The van der Waals surface area contributed by atoms with E-state index in [-0.39, 0.29) is 6.10 Å². The van der Waals surface area contributed by atoms with Crippen molar-refractivity contribution in [3.05, 3.63) is 30.1 Å². The second-order valence-electron chi connectivity index (χ2n) is 4.33. The van der Waals surface area contributed by atoms with Crippen LogP contribution in [-0.4, -0.2) is 26.9 Å². The molecule has 2 rings (SSSR count). The average Bonchev–Trinajstić information content (AvgIpc) is 2.76. The number of benzene rings is 1. The SMILES string of the molecule is CC(C)OC(=O)c1ccc(Sc2nncn2N)c(N)c1. The summed E-state index contributed by atoms with van der Waals surface area (Å²) >= 11 is 1.27. The van der Waals surface area contributed by atoms with Gasteiger partial charge < -0.3 is 16.3 Å². The molecule has 1 aromatic carbocycles. The molecule has 0 fully saturated rings. The van der Waals surface area contributed by atoms with Crippen LogP contribution in [0.1, 0.15) is 24.2 Å². The lowest BCUT2D eigenvalue weighted by atomic mass is 10.2. The maximum Gasteiger partial charge on any atom is 0.338 e. The molecule has 7 nitrogen and oxygen atoms in total. The van der Waals surface area contributed by atoms with Crippen molar-refractivity contribution in [1.29, 1.82) is 0 Å². The molecule has 0 aliphatic rings. The maximum absolute atomic E-state index is 11.8. The van der Waals surface area contributed by atoms with Crippen molar-refractivity contribution in [2.45, 2.75) is 30.0 Å². The molecule has 1 aromatic heterocycles. The largest absolute Gasteiger partial charge is 0.459 e. The van der Waals surface area contributed by atoms with Crippen LogP contribution in [0, 0.1) is 0 Å². The molecular formula is C12H15N5O2S. The molecule has 2 aromatic rings. The van der Waals surface area contributed by atoms with Crippen LogP contribution in [0.4, 0.5) is 5.69 Å². The highest BCUT2D eigenvalue weighted by molar-refractivity contribution is 7.99. The van der Waals surface area contributed by atoms with Crippen LogP contribution in [0.3, 0.4) is 0 Å². The standard InChI is InChI=1S/C12H15N5O2S/c1-7(2)19-11(18)8-3-4-10(9(13)5-8)20-12-16-15-6-17(12)14/h3-7H,13-14H2,1-2H3. The van der Waals surface area contributed by atoms with E-state index >= 15 is 0 Å². The van der Waals surface area contributed by atoms with E-state index < -0.39 is 5.97 Å². The average molecular weight is 293 g/mol. The Morgan fingerprint density at radius 2 is 2.20 bits per heavy atom. The Balaban J connectivity index is 2.18. The van der Waals surface area contributed by atoms with E-state index in [0.717, 1.165) is 4.90 Å². The number of carbonyl (C=O) groups is 1. The first-order valence-corrected chi connectivity index (χ1v) is 6.72. The molecular weight excluding hydrogens is 278 g/mol. The molecule has 1 heterocycles. The molecule has 20 heavy (non-hydrogen) atoms. The van der Waals surface area contributed by atoms with Crippen molar-refractivity contribution < 1.29 is 9.53 Å². The third-order valence-corrected chi connectivity index (χ3v) is 3.40. The molecule has 0 amide bonds. The first-order chi connectivity index (χ1) is 9.47. The molecule has 0 aliphatic heterocycles. The van der Waals surface area contributed by atoms with Crippen molar-refractivity contribution in [2.24, 2.45) is 0 Å². The van der Waals surface area contributed by atoms with Gasteiger partial charge in [0.05, 0.1) is 11.7 Å². The minimum Gasteiger partial charge on any atom is -0.459 e. The van der Waals surface area contributed by atoms with Crippen LogP contribution in [0.2, 0.25) is 0 Å². The number of ether oxygens (including phenoxy) is 1. The van der Waals surface area contributed by atoms with Gasteiger partial charge in [0.15, 0.2) is 0 Å². The van der Waals surface area contributed by atoms with Gasteiger partial charge >= 0.3 is 5.97 Å². The van der Waals surface area contributed by atoms with E-state index in [1.54, 1.807) is 32.0 Å². The number of hydrogen-bond donors (Lipinski definition) is 2. The molecule has 0 saturated carbocycles. The molecule has 8 heteroatoms. The van der Waals surface area contributed by atoms with E-state index in [2.05, 4.69) is 10.2 Å². The molecule has 0 atom stereocenters. The Labute approximate surface area is 120 Å². The van der Waals surface area contributed by atoms with Crippen LogP contribution >= 0.6 is 11.8 Å². The van der Waals surface area contributed by atoms with Crippen molar-refractivity contribution in [2.75, 3.05) is 11.6 Å². The fourth-order valence-corrected chi connectivity index (χ4v) is 2.20. The van der Waals surface area contributed by atoms with Crippen molar-refractivity contribution >= 4 is 23.4 Å². The zero-order chi connectivity index (χ0) is 14.7. The van der Waals surface area contributed by atoms with Crippen LogP contribution in [0.5, 0.6) is 0 Å². The van der Waals surface area contributed by atoms with Crippen LogP contribution < -0.4 is 11.6 Å². The number of carbonyl (C=O) groups excluding carboxylic acids is 1. The third kappa shape index (κ3) is 3.21. The van der Waals surface area contributed by atoms with Gasteiger partial charge in [-0.05, 0) is 43.8 Å². The number of hydrogen-bond acceptors (Lipinski definition) is 7. The van der Waals surface area contributed by atoms with E-state index in [4.69, 9.17) is 16.3 Å². The summed E-state index contributed by atoms with van der Waals surface area (Å²) in [6.07, 6.45) is 1.22. The van der Waals surface area contributed by atoms with Gasteiger partial charge in [0, 0.05) is 10.6 Å². The Hall–Kier alpha value is -2.22. The van der Waals surface area contributed by atoms with Gasteiger partial charge in [0.1, 0.15) is 6.33 Å². The van der Waals surface area contributed by atoms with Gasteiger partial charge in [-0.2, -0.15) is 0 Å². The summed E-state index contributed by atoms with van der Waals surface area (Å²) in [4.78, 5) is 12.5. The van der Waals surface area contributed by atoms with Crippen molar-refractivity contribution in [3.8, 4) is 0 Å². The number of esters is 1. The summed E-state index contributed by atoms with van der Waals surface area (Å²) in [6.45, 7) is 3.58. The maximum atomic E-state index is 11.8. The summed E-state index contributed by atoms with van der Waals surface area (Å²) in [6, 6.07) is 4.95. The van der Waals surface area contributed by atoms with E-state index in [9.17, 15) is 4.79 Å². The normalized spacial score (nSPS) is 10.8. The Kier molecular flexibility index (Phi) is 4.14. The lowest BCUT2D eigenvalue weighted by Crippen LogP contribution is -2.12. The fourth-order valence-electron chi connectivity index (χ4n) is 1.45. The van der Waals surface area contributed by atoms with Gasteiger partial charge in [0.25, 0.3) is 0 Å². The minimum atomic E-state index is -0.398. The summed E-state index contributed by atoms with van der Waals surface area (Å²) in [7, 11) is 0. The monoisotopic (exact) mass is 293 g/mol. The first-order valence-electron chi connectivity index (χ1n) is 5.91. The highest BCUT2D eigenvalue weighted by Gasteiger charge is 2.13. The lowest BCUT2D eigenvalue weighted by Gasteiger charge is -2.10. The Bertz CT molecular complexity index is 626. The molecule has 0 bridgehead atoms. The number of nitrogens with two attached hydrogens (primary N) is 2. The predicted molar refractivity (Wildman–Crippen MR) is 75.7 cm³/mol. The number of nitrogen functional groups attached to an aromatic ring is 2. The van der Waals surface area contributed by atoms with Gasteiger partial charge in [-0.3, -0.25) is 0 Å². The van der Waals surface area contributed by atoms with E-state index in [1.165, 1.54) is 22.8 Å². The first kappa shape index (κ1) is 14.2. The Morgan fingerprint density at radius 3 is 2.75 bits per heavy atom. The van der Waals surface area contributed by atoms with E-state index in [1.807, 2.05) is 0 Å². The second-order valence-corrected chi connectivity index (χ2v) is 5.34. The minimum absolute atomic E-state index is 0.173. The smallest absolute Gasteiger partial charge is 0.338 e. The molecule has 0 aliphatic carbocycles. The predicted octanol–water partition coefficient (Wildman–Crippen LogP) is 1.29. The summed E-state index contributed by atoms with van der Waals surface area (Å²) in [5.74, 6) is 5.23. The second kappa shape index (κ2) is 5.83. The van der Waals surface area contributed by atoms with Gasteiger partial charge in [-0.25, -0.2) is 9.47 Å². The number of nitrogens with zero attached hydrogens (tertiary/aromatic N) is 3. The number of anilines is 1. The molecule has 106 valence electrons. The van der Waals surface area contributed by atoms with E-state index in [0.29, 0.717) is 16.4 Å². The molecule has 0 spiro atoms. The summed E-state index contributed by atoms with van der Waals surface area (Å²) in [5, 5.41) is 8.04. The van der Waals surface area contributed by atoms with Gasteiger partial charge in [-0.1, -0.05) is 0 Å². The van der Waals surface area contributed by atoms with Gasteiger partial charge in [-0.15, -0.1) is 10.2 Å². The topological polar surface area (TPSA) is 109 Å². The number of rotatable bonds is 4. The highest BCUT2D eigenvalue weighted by Crippen LogP contribution is 2.30. The van der Waals surface area contributed by atoms with Crippen LogP contribution in [-0.2, 0) is 4.74 Å². The highest BCUT2D eigenvalue weighted by atomic mass is 32.2. The summed E-state index contributed by atoms with van der Waals surface area (Å²) in [5.41, 5.74) is 6.80. The Morgan fingerprint density at radius 1 is 1.45 bits per heavy atom. The molecule has 4 N–H and O–H groups in total. The van der Waals surface area contributed by atoms with Crippen molar-refractivity contribution in [1.82, 2.24) is 14.9 Å². The van der Waals surface area contributed by atoms with Crippen LogP contribution in [0.25, 0.3) is 0 Å². The zero-order valence-corrected chi connectivity index (χ0v) is 11.9. The number of aromatic nitrogens is 3. The van der Waals surface area contributed by atoms with Crippen LogP contribution in [0.15, 0.2) is 34.6 Å². The molecule has 0 unspecified atom stereocenters.